The molecule has 6 nitrogen and oxygen atoms in total. The van der Waals surface area contributed by atoms with Gasteiger partial charge in [0.15, 0.2) is 11.6 Å². The normalized spacial score (nSPS) is 10.8. The Labute approximate surface area is 149 Å². The second-order valence-electron chi connectivity index (χ2n) is 6.02. The number of nitrogens with one attached hydrogen (secondary N) is 3. The van der Waals surface area contributed by atoms with Gasteiger partial charge in [-0.2, -0.15) is 0 Å². The molecule has 142 valence electrons. The molecular weight excluding hydrogens is 323 g/mol. The van der Waals surface area contributed by atoms with Crippen LogP contribution in [0.15, 0.2) is 18.2 Å². The molecule has 0 radical (unpaired) electrons. The molecule has 7 heteroatoms. The lowest BCUT2D eigenvalue weighted by atomic mass is 10.1. The third-order valence-electron chi connectivity index (χ3n) is 3.74. The van der Waals surface area contributed by atoms with Crippen molar-refractivity contribution in [2.24, 2.45) is 5.73 Å². The quantitative estimate of drug-likeness (QED) is 0.320. The number of rotatable bonds is 14. The van der Waals surface area contributed by atoms with Gasteiger partial charge in [0, 0.05) is 6.54 Å². The third-order valence-corrected chi connectivity index (χ3v) is 3.74. The van der Waals surface area contributed by atoms with Crippen molar-refractivity contribution in [3.63, 3.8) is 0 Å². The van der Waals surface area contributed by atoms with Gasteiger partial charge in [0.05, 0.1) is 6.42 Å². The number of phenolic OH excluding ortho intramolecular Hbond substituents is 1. The molecule has 0 bridgehead atoms. The molecule has 1 aromatic rings. The van der Waals surface area contributed by atoms with Gasteiger partial charge < -0.3 is 26.8 Å². The first-order valence-electron chi connectivity index (χ1n) is 8.99. The summed E-state index contributed by atoms with van der Waals surface area (Å²) in [5.41, 5.74) is 5.96. The molecule has 0 aromatic heterocycles. The molecule has 0 atom stereocenters. The highest BCUT2D eigenvalue weighted by Crippen LogP contribution is 2.16. The number of carbonyl (C=O) groups excluding carboxylic acids is 1. The summed E-state index contributed by atoms with van der Waals surface area (Å²) in [6.45, 7) is 5.16. The molecule has 0 aliphatic rings. The lowest BCUT2D eigenvalue weighted by Crippen LogP contribution is -2.29. The van der Waals surface area contributed by atoms with Crippen LogP contribution in [0.1, 0.15) is 31.2 Å². The average Bonchev–Trinajstić information content (AvgIpc) is 2.59. The molecule has 1 rings (SSSR count). The maximum atomic E-state index is 13.2. The van der Waals surface area contributed by atoms with Gasteiger partial charge in [-0.15, -0.1) is 0 Å². The van der Waals surface area contributed by atoms with E-state index in [0.29, 0.717) is 12.1 Å². The Balaban J connectivity index is 1.93. The van der Waals surface area contributed by atoms with Crippen LogP contribution in [0.3, 0.4) is 0 Å². The number of phenols is 1. The SMILES string of the molecule is NCCCNCCCCNCCCNC(=O)Cc1ccc(O)c(F)c1. The van der Waals surface area contributed by atoms with Gasteiger partial charge in [-0.05, 0) is 76.1 Å². The van der Waals surface area contributed by atoms with Crippen LogP contribution in [-0.4, -0.2) is 50.3 Å². The average molecular weight is 354 g/mol. The number of unbranched alkanes of at least 4 members (excludes halogenated alkanes) is 1. The van der Waals surface area contributed by atoms with Crippen molar-refractivity contribution < 1.29 is 14.3 Å². The van der Waals surface area contributed by atoms with E-state index in [1.807, 2.05) is 0 Å². The van der Waals surface area contributed by atoms with Gasteiger partial charge in [-0.1, -0.05) is 6.07 Å². The van der Waals surface area contributed by atoms with Gasteiger partial charge in [0.1, 0.15) is 0 Å². The monoisotopic (exact) mass is 354 g/mol. The molecule has 1 aromatic carbocycles. The molecule has 1 amide bonds. The Bertz CT molecular complexity index is 500. The van der Waals surface area contributed by atoms with Crippen LogP contribution in [0.5, 0.6) is 5.75 Å². The maximum absolute atomic E-state index is 13.2. The Kier molecular flexibility index (Phi) is 11.6. The van der Waals surface area contributed by atoms with Crippen molar-refractivity contribution in [3.05, 3.63) is 29.6 Å². The molecule has 6 N–H and O–H groups in total. The van der Waals surface area contributed by atoms with E-state index >= 15 is 0 Å². The zero-order valence-corrected chi connectivity index (χ0v) is 14.8. The predicted molar refractivity (Wildman–Crippen MR) is 98.0 cm³/mol. The number of aromatic hydroxyl groups is 1. The summed E-state index contributed by atoms with van der Waals surface area (Å²) in [6, 6.07) is 3.99. The Morgan fingerprint density at radius 3 is 2.28 bits per heavy atom. The van der Waals surface area contributed by atoms with Gasteiger partial charge in [0.25, 0.3) is 0 Å². The van der Waals surface area contributed by atoms with Crippen molar-refractivity contribution in [1.29, 1.82) is 0 Å². The van der Waals surface area contributed by atoms with Crippen LogP contribution in [-0.2, 0) is 11.2 Å². The van der Waals surface area contributed by atoms with Crippen LogP contribution in [0.25, 0.3) is 0 Å². The summed E-state index contributed by atoms with van der Waals surface area (Å²) in [5.74, 6) is -1.25. The van der Waals surface area contributed by atoms with E-state index in [4.69, 9.17) is 10.8 Å². The number of nitrogens with two attached hydrogens (primary N) is 1. The van der Waals surface area contributed by atoms with Crippen molar-refractivity contribution in [2.75, 3.05) is 39.3 Å². The first-order valence-corrected chi connectivity index (χ1v) is 8.99. The fourth-order valence-electron chi connectivity index (χ4n) is 2.33. The van der Waals surface area contributed by atoms with E-state index in [-0.39, 0.29) is 12.3 Å². The highest BCUT2D eigenvalue weighted by atomic mass is 19.1. The van der Waals surface area contributed by atoms with Crippen molar-refractivity contribution in [2.45, 2.75) is 32.1 Å². The smallest absolute Gasteiger partial charge is 0.224 e. The highest BCUT2D eigenvalue weighted by molar-refractivity contribution is 5.78. The van der Waals surface area contributed by atoms with E-state index in [1.54, 1.807) is 6.07 Å². The molecule has 0 spiro atoms. The molecule has 0 unspecified atom stereocenters. The fourth-order valence-corrected chi connectivity index (χ4v) is 2.33. The van der Waals surface area contributed by atoms with Crippen molar-refractivity contribution in [3.8, 4) is 5.75 Å². The highest BCUT2D eigenvalue weighted by Gasteiger charge is 2.06. The minimum absolute atomic E-state index is 0.113. The second-order valence-corrected chi connectivity index (χ2v) is 6.02. The van der Waals surface area contributed by atoms with E-state index in [1.165, 1.54) is 12.1 Å². The number of halogens is 1. The zero-order valence-electron chi connectivity index (χ0n) is 14.8. The summed E-state index contributed by atoms with van der Waals surface area (Å²) in [7, 11) is 0. The first-order chi connectivity index (χ1) is 12.1. The Hall–Kier alpha value is -1.70. The molecule has 0 aliphatic carbocycles. The molecular formula is C18H31FN4O2. The molecule has 0 saturated heterocycles. The molecule has 25 heavy (non-hydrogen) atoms. The van der Waals surface area contributed by atoms with Crippen LogP contribution < -0.4 is 21.7 Å². The molecule has 0 fully saturated rings. The molecule has 0 heterocycles. The number of benzene rings is 1. The Morgan fingerprint density at radius 1 is 1.00 bits per heavy atom. The van der Waals surface area contributed by atoms with Crippen molar-refractivity contribution in [1.82, 2.24) is 16.0 Å². The minimum Gasteiger partial charge on any atom is -0.505 e. The summed E-state index contributed by atoms with van der Waals surface area (Å²) in [5, 5.41) is 18.6. The van der Waals surface area contributed by atoms with Gasteiger partial charge >= 0.3 is 0 Å². The lowest BCUT2D eigenvalue weighted by Gasteiger charge is -2.08. The fraction of sp³-hybridized carbons (Fsp3) is 0.611. The number of hydrogen-bond acceptors (Lipinski definition) is 5. The summed E-state index contributed by atoms with van der Waals surface area (Å²) in [4.78, 5) is 11.8. The molecule has 0 saturated carbocycles. The second kappa shape index (κ2) is 13.6. The topological polar surface area (TPSA) is 99.4 Å². The summed E-state index contributed by atoms with van der Waals surface area (Å²) < 4.78 is 13.2. The van der Waals surface area contributed by atoms with E-state index < -0.39 is 11.6 Å². The molecule has 0 aliphatic heterocycles. The summed E-state index contributed by atoms with van der Waals surface area (Å²) >= 11 is 0. The Morgan fingerprint density at radius 2 is 1.64 bits per heavy atom. The number of amides is 1. The first kappa shape index (κ1) is 21.3. The van der Waals surface area contributed by atoms with E-state index in [0.717, 1.165) is 58.4 Å². The van der Waals surface area contributed by atoms with Crippen LogP contribution in [0.2, 0.25) is 0 Å². The number of hydrogen-bond donors (Lipinski definition) is 5. The standard InChI is InChI=1S/C18H31FN4O2/c19-16-13-15(5-6-17(16)24)14-18(25)23-12-4-11-22-9-2-1-8-21-10-3-7-20/h5-6,13,21-22,24H,1-4,7-12,14,20H2,(H,23,25). The van der Waals surface area contributed by atoms with Crippen LogP contribution >= 0.6 is 0 Å². The van der Waals surface area contributed by atoms with Gasteiger partial charge in [-0.3, -0.25) is 4.79 Å². The van der Waals surface area contributed by atoms with Crippen molar-refractivity contribution >= 4 is 5.91 Å². The third kappa shape index (κ3) is 10.7. The van der Waals surface area contributed by atoms with Crippen LogP contribution in [0.4, 0.5) is 4.39 Å². The summed E-state index contributed by atoms with van der Waals surface area (Å²) in [6.07, 6.45) is 4.24. The lowest BCUT2D eigenvalue weighted by molar-refractivity contribution is -0.120. The van der Waals surface area contributed by atoms with E-state index in [9.17, 15) is 9.18 Å². The number of carbonyl (C=O) groups is 1. The van der Waals surface area contributed by atoms with Gasteiger partial charge in [-0.25, -0.2) is 4.39 Å². The maximum Gasteiger partial charge on any atom is 0.224 e. The van der Waals surface area contributed by atoms with E-state index in [2.05, 4.69) is 16.0 Å². The predicted octanol–water partition coefficient (Wildman–Crippen LogP) is 0.888. The minimum atomic E-state index is -0.705. The van der Waals surface area contributed by atoms with Gasteiger partial charge in [0.2, 0.25) is 5.91 Å². The largest absolute Gasteiger partial charge is 0.505 e. The zero-order chi connectivity index (χ0) is 18.3. The van der Waals surface area contributed by atoms with Crippen LogP contribution in [0, 0.1) is 5.82 Å².